The highest BCUT2D eigenvalue weighted by Gasteiger charge is 2.30. The van der Waals surface area contributed by atoms with Gasteiger partial charge in [0.1, 0.15) is 10.6 Å². The van der Waals surface area contributed by atoms with Crippen molar-refractivity contribution in [2.24, 2.45) is 7.05 Å². The van der Waals surface area contributed by atoms with E-state index in [4.69, 9.17) is 0 Å². The van der Waals surface area contributed by atoms with Crippen molar-refractivity contribution < 1.29 is 18.3 Å². The van der Waals surface area contributed by atoms with Gasteiger partial charge in [0.2, 0.25) is 10.0 Å². The molecule has 0 aromatic carbocycles. The molecule has 0 aliphatic rings. The lowest BCUT2D eigenvalue weighted by Gasteiger charge is -2.33. The number of nitrogens with one attached hydrogen (secondary N) is 1. The molecular weight excluding hydrogens is 282 g/mol. The first kappa shape index (κ1) is 16.7. The number of carbonyl (C=O) groups is 1. The van der Waals surface area contributed by atoms with Crippen LogP contribution in [0.25, 0.3) is 0 Å². The molecule has 0 atom stereocenters. The second kappa shape index (κ2) is 5.55. The number of amides is 1. The second-order valence-corrected chi connectivity index (χ2v) is 7.10. The van der Waals surface area contributed by atoms with Crippen molar-refractivity contribution >= 4 is 15.9 Å². The summed E-state index contributed by atoms with van der Waals surface area (Å²) in [6.07, 6.45) is 1.37. The minimum Gasteiger partial charge on any atom is -0.394 e. The summed E-state index contributed by atoms with van der Waals surface area (Å²) in [5.41, 5.74) is -0.494. The Hall–Kier alpha value is -1.38. The van der Waals surface area contributed by atoms with E-state index < -0.39 is 15.6 Å². The quantitative estimate of drug-likeness (QED) is 0.786. The highest BCUT2D eigenvalue weighted by Crippen LogP contribution is 2.19. The summed E-state index contributed by atoms with van der Waals surface area (Å²) in [5.74, 6) is -0.357. The lowest BCUT2D eigenvalue weighted by atomic mass is 10.0. The van der Waals surface area contributed by atoms with Gasteiger partial charge in [0.05, 0.1) is 12.1 Å². The number of aromatic nitrogens is 1. The minimum absolute atomic E-state index is 0.0288. The van der Waals surface area contributed by atoms with Gasteiger partial charge in [0.25, 0.3) is 5.91 Å². The summed E-state index contributed by atoms with van der Waals surface area (Å²) in [6, 6.07) is 1.32. The average Bonchev–Trinajstić information content (AvgIpc) is 2.79. The third-order valence-corrected chi connectivity index (χ3v) is 4.76. The van der Waals surface area contributed by atoms with Gasteiger partial charge in [-0.3, -0.25) is 4.79 Å². The van der Waals surface area contributed by atoms with E-state index in [0.717, 1.165) is 0 Å². The summed E-state index contributed by atoms with van der Waals surface area (Å²) in [5, 5.41) is 9.30. The zero-order valence-corrected chi connectivity index (χ0v) is 13.2. The molecule has 1 aromatic heterocycles. The van der Waals surface area contributed by atoms with Gasteiger partial charge < -0.3 is 14.6 Å². The predicted molar refractivity (Wildman–Crippen MR) is 74.9 cm³/mol. The SMILES string of the molecule is CNS(=O)(=O)c1cc(C(=O)N(C)C(C)(C)CO)n(C)c1. The van der Waals surface area contributed by atoms with E-state index in [1.54, 1.807) is 27.9 Å². The number of aliphatic hydroxyl groups excluding tert-OH is 1. The van der Waals surface area contributed by atoms with E-state index in [0.29, 0.717) is 0 Å². The number of hydrogen-bond donors (Lipinski definition) is 2. The van der Waals surface area contributed by atoms with Crippen LogP contribution < -0.4 is 4.72 Å². The maximum absolute atomic E-state index is 12.4. The number of nitrogens with zero attached hydrogens (tertiary/aromatic N) is 2. The molecule has 0 aliphatic heterocycles. The average molecular weight is 303 g/mol. The van der Waals surface area contributed by atoms with Crippen molar-refractivity contribution in [3.8, 4) is 0 Å². The van der Waals surface area contributed by atoms with Gasteiger partial charge in [-0.2, -0.15) is 0 Å². The molecule has 1 rings (SSSR count). The molecule has 0 bridgehead atoms. The van der Waals surface area contributed by atoms with Crippen LogP contribution in [-0.4, -0.2) is 55.1 Å². The smallest absolute Gasteiger partial charge is 0.270 e. The van der Waals surface area contributed by atoms with Crippen molar-refractivity contribution in [1.29, 1.82) is 0 Å². The maximum atomic E-state index is 12.4. The fourth-order valence-corrected chi connectivity index (χ4v) is 2.36. The van der Waals surface area contributed by atoms with Crippen LogP contribution in [0.2, 0.25) is 0 Å². The molecule has 8 heteroatoms. The van der Waals surface area contributed by atoms with Gasteiger partial charge in [0.15, 0.2) is 0 Å². The van der Waals surface area contributed by atoms with E-state index in [9.17, 15) is 18.3 Å². The Morgan fingerprint density at radius 3 is 2.50 bits per heavy atom. The molecule has 1 aromatic rings. The predicted octanol–water partition coefficient (Wildman–Crippen LogP) is -0.224. The van der Waals surface area contributed by atoms with Crippen molar-refractivity contribution in [2.45, 2.75) is 24.3 Å². The maximum Gasteiger partial charge on any atom is 0.270 e. The second-order valence-electron chi connectivity index (χ2n) is 5.21. The van der Waals surface area contributed by atoms with Crippen LogP contribution in [0, 0.1) is 0 Å². The fraction of sp³-hybridized carbons (Fsp3) is 0.583. The van der Waals surface area contributed by atoms with Crippen LogP contribution in [0.5, 0.6) is 0 Å². The van der Waals surface area contributed by atoms with Crippen molar-refractivity contribution in [2.75, 3.05) is 20.7 Å². The number of aryl methyl sites for hydroxylation is 1. The van der Waals surface area contributed by atoms with Gasteiger partial charge in [-0.25, -0.2) is 13.1 Å². The Kier molecular flexibility index (Phi) is 4.62. The molecule has 0 spiro atoms. The highest BCUT2D eigenvalue weighted by atomic mass is 32.2. The van der Waals surface area contributed by atoms with Crippen molar-refractivity contribution in [3.05, 3.63) is 18.0 Å². The molecular formula is C12H21N3O4S. The van der Waals surface area contributed by atoms with Gasteiger partial charge in [0, 0.05) is 20.3 Å². The first-order chi connectivity index (χ1) is 9.06. The highest BCUT2D eigenvalue weighted by molar-refractivity contribution is 7.89. The van der Waals surface area contributed by atoms with Crippen LogP contribution in [0.4, 0.5) is 0 Å². The number of aliphatic hydroxyl groups is 1. The van der Waals surface area contributed by atoms with Crippen molar-refractivity contribution in [3.63, 3.8) is 0 Å². The van der Waals surface area contributed by atoms with Gasteiger partial charge >= 0.3 is 0 Å². The van der Waals surface area contributed by atoms with Crippen LogP contribution in [0.3, 0.4) is 0 Å². The third kappa shape index (κ3) is 3.02. The van der Waals surface area contributed by atoms with Crippen LogP contribution in [0.15, 0.2) is 17.2 Å². The topological polar surface area (TPSA) is 91.6 Å². The van der Waals surface area contributed by atoms with Gasteiger partial charge in [-0.1, -0.05) is 0 Å². The summed E-state index contributed by atoms with van der Waals surface area (Å²) in [6.45, 7) is 3.25. The van der Waals surface area contributed by atoms with Crippen LogP contribution >= 0.6 is 0 Å². The Balaban J connectivity index is 3.20. The van der Waals surface area contributed by atoms with Gasteiger partial charge in [-0.05, 0) is 27.0 Å². The summed E-state index contributed by atoms with van der Waals surface area (Å²) in [4.78, 5) is 13.8. The normalized spacial score (nSPS) is 12.5. The van der Waals surface area contributed by atoms with Crippen LogP contribution in [0.1, 0.15) is 24.3 Å². The van der Waals surface area contributed by atoms with E-state index in [1.165, 1.54) is 28.8 Å². The molecule has 0 radical (unpaired) electrons. The monoisotopic (exact) mass is 303 g/mol. The number of carbonyl (C=O) groups excluding carboxylic acids is 1. The number of sulfonamides is 1. The third-order valence-electron chi connectivity index (χ3n) is 3.38. The fourth-order valence-electron chi connectivity index (χ4n) is 1.56. The van der Waals surface area contributed by atoms with Crippen molar-refractivity contribution in [1.82, 2.24) is 14.2 Å². The summed E-state index contributed by atoms with van der Waals surface area (Å²) < 4.78 is 27.1. The first-order valence-corrected chi connectivity index (χ1v) is 7.54. The standard InChI is InChI=1S/C12H21N3O4S/c1-12(2,8-16)15(5)11(17)10-6-9(7-14(10)4)20(18,19)13-3/h6-7,13,16H,8H2,1-5H3. The first-order valence-electron chi connectivity index (χ1n) is 6.05. The molecule has 20 heavy (non-hydrogen) atoms. The number of hydrogen-bond acceptors (Lipinski definition) is 4. The zero-order valence-electron chi connectivity index (χ0n) is 12.3. The van der Waals surface area contributed by atoms with E-state index in [-0.39, 0.29) is 23.1 Å². The lowest BCUT2D eigenvalue weighted by molar-refractivity contribution is 0.0464. The molecule has 0 aliphatic carbocycles. The van der Waals surface area contributed by atoms with E-state index in [1.807, 2.05) is 0 Å². The zero-order chi connectivity index (χ0) is 15.7. The molecule has 7 nitrogen and oxygen atoms in total. The summed E-state index contributed by atoms with van der Waals surface area (Å²) >= 11 is 0. The minimum atomic E-state index is -3.59. The molecule has 0 saturated heterocycles. The molecule has 0 saturated carbocycles. The molecule has 0 fully saturated rings. The number of likely N-dealkylation sites (N-methyl/N-ethyl adjacent to an activating group) is 1. The number of rotatable bonds is 5. The van der Waals surface area contributed by atoms with E-state index >= 15 is 0 Å². The Morgan fingerprint density at radius 2 is 2.05 bits per heavy atom. The Bertz CT molecular complexity index is 604. The molecule has 114 valence electrons. The Morgan fingerprint density at radius 1 is 1.50 bits per heavy atom. The molecule has 1 amide bonds. The molecule has 1 heterocycles. The summed E-state index contributed by atoms with van der Waals surface area (Å²) in [7, 11) is 0.885. The lowest BCUT2D eigenvalue weighted by Crippen LogP contribution is -2.48. The van der Waals surface area contributed by atoms with Gasteiger partial charge in [-0.15, -0.1) is 0 Å². The van der Waals surface area contributed by atoms with Crippen LogP contribution in [-0.2, 0) is 17.1 Å². The van der Waals surface area contributed by atoms with E-state index in [2.05, 4.69) is 4.72 Å². The molecule has 2 N–H and O–H groups in total. The Labute approximate surface area is 119 Å². The molecule has 0 unspecified atom stereocenters. The largest absolute Gasteiger partial charge is 0.394 e.